The number of hydrogen-bond acceptors (Lipinski definition) is 7. The SMILES string of the molecule is CC(C)CCNC(=O)[C@@H](c1ccc(N(C)C)cc1)N(C(=O)c1snc(C(N)=O)c1N)c1cccc(F)c1. The van der Waals surface area contributed by atoms with Gasteiger partial charge >= 0.3 is 0 Å². The number of nitrogens with two attached hydrogens (primary N) is 2. The van der Waals surface area contributed by atoms with Crippen LogP contribution >= 0.6 is 11.5 Å². The second-order valence-electron chi connectivity index (χ2n) is 9.16. The fourth-order valence-corrected chi connectivity index (χ4v) is 4.44. The van der Waals surface area contributed by atoms with Crippen molar-refractivity contribution < 1.29 is 18.8 Å². The number of anilines is 3. The highest BCUT2D eigenvalue weighted by Crippen LogP contribution is 2.34. The summed E-state index contributed by atoms with van der Waals surface area (Å²) in [5.41, 5.74) is 12.5. The van der Waals surface area contributed by atoms with Crippen molar-refractivity contribution in [2.45, 2.75) is 26.3 Å². The average molecular weight is 527 g/mol. The number of carbonyl (C=O) groups excluding carboxylic acids is 3. The minimum Gasteiger partial charge on any atom is -0.395 e. The number of nitrogens with one attached hydrogen (secondary N) is 1. The maximum absolute atomic E-state index is 14.3. The Morgan fingerprint density at radius 1 is 1.08 bits per heavy atom. The topological polar surface area (TPSA) is 135 Å². The monoisotopic (exact) mass is 526 g/mol. The summed E-state index contributed by atoms with van der Waals surface area (Å²) < 4.78 is 18.3. The lowest BCUT2D eigenvalue weighted by atomic mass is 10.0. The Hall–Kier alpha value is -3.99. The summed E-state index contributed by atoms with van der Waals surface area (Å²) in [6.45, 7) is 4.46. The summed E-state index contributed by atoms with van der Waals surface area (Å²) in [6, 6.07) is 11.3. The number of amides is 3. The smallest absolute Gasteiger partial charge is 0.273 e. The van der Waals surface area contributed by atoms with E-state index in [1.165, 1.54) is 23.1 Å². The summed E-state index contributed by atoms with van der Waals surface area (Å²) in [6.07, 6.45) is 0.732. The number of carbonyl (C=O) groups is 3. The molecule has 1 aromatic heterocycles. The summed E-state index contributed by atoms with van der Waals surface area (Å²) >= 11 is 0.693. The molecule has 5 N–H and O–H groups in total. The van der Waals surface area contributed by atoms with Crippen molar-refractivity contribution in [3.8, 4) is 0 Å². The van der Waals surface area contributed by atoms with Crippen molar-refractivity contribution in [1.29, 1.82) is 0 Å². The summed E-state index contributed by atoms with van der Waals surface area (Å²) in [5, 5.41) is 2.90. The van der Waals surface area contributed by atoms with Gasteiger partial charge in [0, 0.05) is 32.0 Å². The molecular weight excluding hydrogens is 495 g/mol. The molecule has 0 aliphatic rings. The first-order chi connectivity index (χ1) is 17.5. The third-order valence-corrected chi connectivity index (χ3v) is 6.56. The Morgan fingerprint density at radius 2 is 1.76 bits per heavy atom. The highest BCUT2D eigenvalue weighted by molar-refractivity contribution is 7.09. The number of benzene rings is 2. The third-order valence-electron chi connectivity index (χ3n) is 5.71. The van der Waals surface area contributed by atoms with E-state index in [0.29, 0.717) is 29.6 Å². The first-order valence-electron chi connectivity index (χ1n) is 11.7. The molecule has 3 amide bonds. The summed E-state index contributed by atoms with van der Waals surface area (Å²) in [7, 11) is 3.77. The van der Waals surface area contributed by atoms with Gasteiger partial charge in [-0.2, -0.15) is 4.37 Å². The van der Waals surface area contributed by atoms with E-state index in [4.69, 9.17) is 11.5 Å². The lowest BCUT2D eigenvalue weighted by molar-refractivity contribution is -0.122. The van der Waals surface area contributed by atoms with Gasteiger partial charge in [-0.05, 0) is 59.8 Å². The molecular formula is C26H31FN6O3S. The minimum atomic E-state index is -1.17. The highest BCUT2D eigenvalue weighted by atomic mass is 32.1. The lowest BCUT2D eigenvalue weighted by Crippen LogP contribution is -2.44. The molecule has 196 valence electrons. The lowest BCUT2D eigenvalue weighted by Gasteiger charge is -2.31. The molecule has 9 nitrogen and oxygen atoms in total. The second-order valence-corrected chi connectivity index (χ2v) is 9.93. The molecule has 0 aliphatic carbocycles. The van der Waals surface area contributed by atoms with Crippen LogP contribution < -0.4 is 26.6 Å². The number of halogens is 1. The third kappa shape index (κ3) is 6.42. The molecule has 3 aromatic rings. The maximum Gasteiger partial charge on any atom is 0.273 e. The van der Waals surface area contributed by atoms with Crippen molar-refractivity contribution >= 4 is 46.3 Å². The van der Waals surface area contributed by atoms with Gasteiger partial charge in [-0.1, -0.05) is 32.0 Å². The van der Waals surface area contributed by atoms with Crippen LogP contribution in [0, 0.1) is 11.7 Å². The van der Waals surface area contributed by atoms with Crippen LogP contribution in [0.2, 0.25) is 0 Å². The van der Waals surface area contributed by atoms with E-state index < -0.39 is 29.6 Å². The van der Waals surface area contributed by atoms with Crippen molar-refractivity contribution in [3.05, 3.63) is 70.5 Å². The predicted octanol–water partition coefficient (Wildman–Crippen LogP) is 3.58. The molecule has 37 heavy (non-hydrogen) atoms. The molecule has 1 atom stereocenters. The molecule has 0 saturated carbocycles. The van der Waals surface area contributed by atoms with Gasteiger partial charge < -0.3 is 21.7 Å². The van der Waals surface area contributed by atoms with Gasteiger partial charge in [0.2, 0.25) is 5.91 Å². The largest absolute Gasteiger partial charge is 0.395 e. The molecule has 0 unspecified atom stereocenters. The Labute approximate surface area is 219 Å². The van der Waals surface area contributed by atoms with Crippen LogP contribution in [-0.2, 0) is 4.79 Å². The van der Waals surface area contributed by atoms with Crippen LogP contribution in [0.1, 0.15) is 52.0 Å². The fraction of sp³-hybridized carbons (Fsp3) is 0.308. The van der Waals surface area contributed by atoms with Crippen LogP contribution in [0.4, 0.5) is 21.5 Å². The first-order valence-corrected chi connectivity index (χ1v) is 12.5. The molecule has 1 heterocycles. The van der Waals surface area contributed by atoms with Crippen molar-refractivity contribution in [2.24, 2.45) is 11.7 Å². The Kier molecular flexibility index (Phi) is 8.82. The van der Waals surface area contributed by atoms with E-state index in [1.54, 1.807) is 12.1 Å². The van der Waals surface area contributed by atoms with Crippen LogP contribution in [0.5, 0.6) is 0 Å². The van der Waals surface area contributed by atoms with Gasteiger partial charge in [0.25, 0.3) is 11.8 Å². The highest BCUT2D eigenvalue weighted by Gasteiger charge is 2.36. The zero-order valence-electron chi connectivity index (χ0n) is 21.2. The van der Waals surface area contributed by atoms with Crippen LogP contribution in [-0.4, -0.2) is 42.7 Å². The van der Waals surface area contributed by atoms with E-state index in [0.717, 1.165) is 18.2 Å². The number of aromatic nitrogens is 1. The zero-order chi connectivity index (χ0) is 27.3. The molecule has 0 fully saturated rings. The van der Waals surface area contributed by atoms with Gasteiger partial charge in [-0.3, -0.25) is 19.3 Å². The molecule has 11 heteroatoms. The van der Waals surface area contributed by atoms with Gasteiger partial charge in [0.1, 0.15) is 16.7 Å². The molecule has 0 aliphatic heterocycles. The Bertz CT molecular complexity index is 1280. The van der Waals surface area contributed by atoms with E-state index in [-0.39, 0.29) is 21.9 Å². The predicted molar refractivity (Wildman–Crippen MR) is 144 cm³/mol. The van der Waals surface area contributed by atoms with E-state index >= 15 is 0 Å². The van der Waals surface area contributed by atoms with E-state index in [2.05, 4.69) is 9.69 Å². The first kappa shape index (κ1) is 27.6. The Morgan fingerprint density at radius 3 is 2.30 bits per heavy atom. The fourth-order valence-electron chi connectivity index (χ4n) is 3.70. The molecule has 0 radical (unpaired) electrons. The van der Waals surface area contributed by atoms with E-state index in [1.807, 2.05) is 45.0 Å². The zero-order valence-corrected chi connectivity index (χ0v) is 22.0. The number of hydrogen-bond donors (Lipinski definition) is 3. The van der Waals surface area contributed by atoms with Gasteiger partial charge in [0.15, 0.2) is 5.69 Å². The van der Waals surface area contributed by atoms with Crippen molar-refractivity contribution in [1.82, 2.24) is 9.69 Å². The van der Waals surface area contributed by atoms with Gasteiger partial charge in [-0.25, -0.2) is 4.39 Å². The van der Waals surface area contributed by atoms with Crippen LogP contribution in [0.25, 0.3) is 0 Å². The molecule has 0 bridgehead atoms. The molecule has 2 aromatic carbocycles. The normalized spacial score (nSPS) is 11.7. The standard InChI is InChI=1S/C26H31FN6O3S/c1-15(2)12-13-30-25(35)22(16-8-10-18(11-9-16)32(3)4)33(19-7-5-6-17(27)14-19)26(36)23-20(28)21(24(29)34)31-37-23/h5-11,14-15,22H,12-13,28H2,1-4H3,(H2,29,34)(H,30,35)/t22-/m1/s1. The molecule has 0 saturated heterocycles. The number of nitrogens with zero attached hydrogens (tertiary/aromatic N) is 3. The summed E-state index contributed by atoms with van der Waals surface area (Å²) in [4.78, 5) is 42.3. The summed E-state index contributed by atoms with van der Waals surface area (Å²) in [5.74, 6) is -2.29. The Balaban J connectivity index is 2.17. The maximum atomic E-state index is 14.3. The van der Waals surface area contributed by atoms with Crippen molar-refractivity contribution in [3.63, 3.8) is 0 Å². The second kappa shape index (κ2) is 11.8. The number of primary amides is 1. The number of rotatable bonds is 10. The minimum absolute atomic E-state index is 0.0806. The molecule has 3 rings (SSSR count). The van der Waals surface area contributed by atoms with Gasteiger partial charge in [-0.15, -0.1) is 0 Å². The number of nitrogen functional groups attached to an aromatic ring is 1. The van der Waals surface area contributed by atoms with Crippen LogP contribution in [0.15, 0.2) is 48.5 Å². The quantitative estimate of drug-likeness (QED) is 0.370. The average Bonchev–Trinajstić information content (AvgIpc) is 3.23. The van der Waals surface area contributed by atoms with Crippen LogP contribution in [0.3, 0.4) is 0 Å². The van der Waals surface area contributed by atoms with Gasteiger partial charge in [0.05, 0.1) is 5.69 Å². The van der Waals surface area contributed by atoms with Crippen molar-refractivity contribution in [2.75, 3.05) is 36.2 Å². The van der Waals surface area contributed by atoms with E-state index in [9.17, 15) is 18.8 Å². The molecule has 0 spiro atoms.